The molecule has 0 spiro atoms. The van der Waals surface area contributed by atoms with E-state index in [1.807, 2.05) is 0 Å². The van der Waals surface area contributed by atoms with Crippen LogP contribution in [-0.4, -0.2) is 81.4 Å². The van der Waals surface area contributed by atoms with Crippen LogP contribution in [0.2, 0.25) is 0 Å². The second kappa shape index (κ2) is 17.8. The summed E-state index contributed by atoms with van der Waals surface area (Å²) >= 11 is 0. The summed E-state index contributed by atoms with van der Waals surface area (Å²) in [5, 5.41) is 4.33. The Bertz CT molecular complexity index is 857. The molecule has 14 heteroatoms. The lowest BCUT2D eigenvalue weighted by Crippen LogP contribution is -2.42. The molecule has 0 heterocycles. The van der Waals surface area contributed by atoms with Gasteiger partial charge in [0.2, 0.25) is 0 Å². The first kappa shape index (κ1) is 32.4. The van der Waals surface area contributed by atoms with Crippen molar-refractivity contribution in [3.05, 3.63) is 49.6 Å². The van der Waals surface area contributed by atoms with Gasteiger partial charge in [0.1, 0.15) is 26.4 Å². The zero-order chi connectivity index (χ0) is 28.4. The van der Waals surface area contributed by atoms with Gasteiger partial charge in [-0.3, -0.25) is 0 Å². The monoisotopic (exact) mass is 526 g/mol. The third-order valence-electron chi connectivity index (χ3n) is 3.67. The number of amides is 2. The number of hydrogen-bond acceptors (Lipinski definition) is 12. The largest absolute Gasteiger partial charge is 0.458 e. The maximum absolute atomic E-state index is 12.1. The van der Waals surface area contributed by atoms with Crippen LogP contribution in [0.4, 0.5) is 9.59 Å². The van der Waals surface area contributed by atoms with Gasteiger partial charge in [-0.2, -0.15) is 0 Å². The van der Waals surface area contributed by atoms with E-state index in [0.29, 0.717) is 0 Å². The van der Waals surface area contributed by atoms with Gasteiger partial charge < -0.3 is 39.1 Å². The molecule has 0 bridgehead atoms. The molecule has 0 radical (unpaired) electrons. The summed E-state index contributed by atoms with van der Waals surface area (Å²) in [6.07, 6.45) is -2.75. The van der Waals surface area contributed by atoms with E-state index in [1.165, 1.54) is 13.8 Å². The molecule has 0 aliphatic rings. The Hall–Kier alpha value is -4.62. The van der Waals surface area contributed by atoms with Crippen LogP contribution in [-0.2, 0) is 47.6 Å². The van der Waals surface area contributed by atoms with Gasteiger partial charge in [-0.25, -0.2) is 28.8 Å². The third-order valence-corrected chi connectivity index (χ3v) is 3.67. The lowest BCUT2D eigenvalue weighted by molar-refractivity contribution is -0.148. The standard InChI is InChI=1S/C23H30N2O12/c1-7-18(26)32-9-16(10-33-19(27)8-2)36-22(30)24-13-25-23(31)37-17(11-34-20(28)14(3)4)12-35-21(29)15(5)6/h7-8,16-17H,1-3,5,9-13H2,4,6H3,(H,24,30)(H,25,31). The minimum absolute atomic E-state index is 0.0988. The molecular weight excluding hydrogens is 496 g/mol. The van der Waals surface area contributed by atoms with E-state index in [2.05, 4.69) is 36.9 Å². The van der Waals surface area contributed by atoms with Crippen LogP contribution in [0, 0.1) is 0 Å². The number of ether oxygens (including phenoxy) is 6. The second-order valence-corrected chi connectivity index (χ2v) is 7.01. The van der Waals surface area contributed by atoms with E-state index in [1.54, 1.807) is 0 Å². The highest BCUT2D eigenvalue weighted by atomic mass is 16.6. The summed E-state index contributed by atoms with van der Waals surface area (Å²) in [6.45, 7) is 13.8. The van der Waals surface area contributed by atoms with Gasteiger partial charge in [0.05, 0.1) is 6.67 Å². The molecule has 204 valence electrons. The lowest BCUT2D eigenvalue weighted by Gasteiger charge is -2.19. The Morgan fingerprint density at radius 3 is 1.27 bits per heavy atom. The van der Waals surface area contributed by atoms with E-state index >= 15 is 0 Å². The fourth-order valence-corrected chi connectivity index (χ4v) is 1.86. The highest BCUT2D eigenvalue weighted by Gasteiger charge is 2.21. The molecule has 0 aromatic rings. The Balaban J connectivity index is 4.79. The molecule has 2 N–H and O–H groups in total. The Labute approximate surface area is 213 Å². The molecule has 0 aliphatic carbocycles. The minimum Gasteiger partial charge on any atom is -0.458 e. The highest BCUT2D eigenvalue weighted by molar-refractivity contribution is 5.87. The van der Waals surface area contributed by atoms with Gasteiger partial charge in [-0.05, 0) is 13.8 Å². The number of nitrogens with one attached hydrogen (secondary N) is 2. The second-order valence-electron chi connectivity index (χ2n) is 7.01. The van der Waals surface area contributed by atoms with Crippen molar-refractivity contribution in [3.8, 4) is 0 Å². The average molecular weight is 526 g/mol. The lowest BCUT2D eigenvalue weighted by atomic mass is 10.3. The first-order chi connectivity index (χ1) is 17.4. The number of rotatable bonds is 16. The topological polar surface area (TPSA) is 182 Å². The zero-order valence-electron chi connectivity index (χ0n) is 20.6. The van der Waals surface area contributed by atoms with Crippen molar-refractivity contribution < 1.29 is 57.2 Å². The maximum atomic E-state index is 12.1. The number of hydrogen-bond donors (Lipinski definition) is 2. The minimum atomic E-state index is -1.19. The van der Waals surface area contributed by atoms with Gasteiger partial charge >= 0.3 is 36.1 Å². The summed E-state index contributed by atoms with van der Waals surface area (Å²) in [6, 6.07) is 0. The van der Waals surface area contributed by atoms with E-state index in [4.69, 9.17) is 28.4 Å². The predicted molar refractivity (Wildman–Crippen MR) is 126 cm³/mol. The van der Waals surface area contributed by atoms with Crippen LogP contribution < -0.4 is 10.6 Å². The Morgan fingerprint density at radius 1 is 0.649 bits per heavy atom. The van der Waals surface area contributed by atoms with Crippen LogP contribution in [0.5, 0.6) is 0 Å². The molecule has 0 unspecified atom stereocenters. The van der Waals surface area contributed by atoms with E-state index < -0.39 is 81.4 Å². The van der Waals surface area contributed by atoms with E-state index in [-0.39, 0.29) is 11.1 Å². The van der Waals surface area contributed by atoms with Crippen molar-refractivity contribution >= 4 is 36.1 Å². The SMILES string of the molecule is C=CC(=O)OCC(COC(=O)C=C)OC(=O)NCNC(=O)OC(COC(=O)C(=C)C)COC(=O)C(=C)C. The molecule has 0 fully saturated rings. The van der Waals surface area contributed by atoms with Crippen LogP contribution in [0.15, 0.2) is 49.6 Å². The van der Waals surface area contributed by atoms with E-state index in [0.717, 1.165) is 12.2 Å². The first-order valence-electron chi connectivity index (χ1n) is 10.5. The Kier molecular flexibility index (Phi) is 15.5. The van der Waals surface area contributed by atoms with Crippen LogP contribution >= 0.6 is 0 Å². The van der Waals surface area contributed by atoms with Gasteiger partial charge in [-0.15, -0.1) is 0 Å². The van der Waals surface area contributed by atoms with Gasteiger partial charge in [0.25, 0.3) is 0 Å². The van der Waals surface area contributed by atoms with Crippen LogP contribution in [0.25, 0.3) is 0 Å². The molecule has 0 aromatic heterocycles. The van der Waals surface area contributed by atoms with Crippen LogP contribution in [0.1, 0.15) is 13.8 Å². The van der Waals surface area contributed by atoms with Crippen LogP contribution in [0.3, 0.4) is 0 Å². The van der Waals surface area contributed by atoms with Crippen molar-refractivity contribution in [1.29, 1.82) is 0 Å². The van der Waals surface area contributed by atoms with Crippen molar-refractivity contribution in [1.82, 2.24) is 10.6 Å². The molecule has 14 nitrogen and oxygen atoms in total. The third kappa shape index (κ3) is 15.8. The van der Waals surface area contributed by atoms with Crippen molar-refractivity contribution in [2.75, 3.05) is 33.1 Å². The normalized spacial score (nSPS) is 9.84. The summed E-state index contributed by atoms with van der Waals surface area (Å²) in [5.41, 5.74) is 0.198. The number of alkyl carbamates (subject to hydrolysis) is 2. The molecule has 0 rings (SSSR count). The highest BCUT2D eigenvalue weighted by Crippen LogP contribution is 2.02. The fraction of sp³-hybridized carbons (Fsp3) is 0.391. The van der Waals surface area contributed by atoms with Gasteiger partial charge in [-0.1, -0.05) is 26.3 Å². The molecule has 0 atom stereocenters. The summed E-state index contributed by atoms with van der Waals surface area (Å²) in [4.78, 5) is 69.7. The molecule has 0 aromatic carbocycles. The molecule has 0 aliphatic heterocycles. The molecule has 2 amide bonds. The smallest absolute Gasteiger partial charge is 0.409 e. The quantitative estimate of drug-likeness (QED) is 0.125. The van der Waals surface area contributed by atoms with Crippen molar-refractivity contribution in [2.24, 2.45) is 0 Å². The summed E-state index contributed by atoms with van der Waals surface area (Å²) in [5.74, 6) is -3.11. The molecule has 0 saturated carbocycles. The summed E-state index contributed by atoms with van der Waals surface area (Å²) in [7, 11) is 0. The molecule has 37 heavy (non-hydrogen) atoms. The maximum Gasteiger partial charge on any atom is 0.409 e. The fourth-order valence-electron chi connectivity index (χ4n) is 1.86. The number of carbonyl (C=O) groups is 6. The average Bonchev–Trinajstić information content (AvgIpc) is 2.85. The first-order valence-corrected chi connectivity index (χ1v) is 10.5. The predicted octanol–water partition coefficient (Wildman–Crippen LogP) is 0.831. The van der Waals surface area contributed by atoms with Gasteiger partial charge in [0, 0.05) is 23.3 Å². The summed E-state index contributed by atoms with van der Waals surface area (Å²) < 4.78 is 29.4. The number of esters is 4. The molecule has 0 saturated heterocycles. The zero-order valence-corrected chi connectivity index (χ0v) is 20.6. The van der Waals surface area contributed by atoms with Gasteiger partial charge in [0.15, 0.2) is 12.2 Å². The van der Waals surface area contributed by atoms with E-state index in [9.17, 15) is 28.8 Å². The Morgan fingerprint density at radius 2 is 0.973 bits per heavy atom. The molecular formula is C23H30N2O12. The number of carbonyl (C=O) groups excluding carboxylic acids is 6. The van der Waals surface area contributed by atoms with Crippen molar-refractivity contribution in [2.45, 2.75) is 26.1 Å². The van der Waals surface area contributed by atoms with Crippen molar-refractivity contribution in [3.63, 3.8) is 0 Å².